The summed E-state index contributed by atoms with van der Waals surface area (Å²) in [5.74, 6) is 0.137. The summed E-state index contributed by atoms with van der Waals surface area (Å²) in [7, 11) is 0. The lowest BCUT2D eigenvalue weighted by atomic mass is 10.1. The molecule has 0 aromatic heterocycles. The third-order valence-electron chi connectivity index (χ3n) is 3.42. The third-order valence-corrected chi connectivity index (χ3v) is 3.42. The van der Waals surface area contributed by atoms with E-state index in [2.05, 4.69) is 17.4 Å². The van der Waals surface area contributed by atoms with Crippen molar-refractivity contribution < 1.29 is 4.79 Å². The number of nitrogens with one attached hydrogen (secondary N) is 1. The molecule has 0 atom stereocenters. The molecule has 0 spiro atoms. The van der Waals surface area contributed by atoms with Crippen LogP contribution < -0.4 is 5.32 Å². The van der Waals surface area contributed by atoms with Gasteiger partial charge in [0.2, 0.25) is 5.91 Å². The van der Waals surface area contributed by atoms with Gasteiger partial charge in [0.25, 0.3) is 0 Å². The minimum Gasteiger partial charge on any atom is -0.384 e. The minimum atomic E-state index is 0.137. The Morgan fingerprint density at radius 2 is 1.89 bits per heavy atom. The van der Waals surface area contributed by atoms with Gasteiger partial charge in [-0.05, 0) is 31.7 Å². The number of benzene rings is 1. The predicted molar refractivity (Wildman–Crippen MR) is 77.5 cm³/mol. The average Bonchev–Trinajstić information content (AvgIpc) is 2.47. The van der Waals surface area contributed by atoms with E-state index in [1.54, 1.807) is 6.08 Å². The van der Waals surface area contributed by atoms with Gasteiger partial charge in [-0.2, -0.15) is 0 Å². The first kappa shape index (κ1) is 13.7. The van der Waals surface area contributed by atoms with Crippen LogP contribution in [0, 0.1) is 0 Å². The normalized spacial score (nSPS) is 16.3. The Morgan fingerprint density at radius 1 is 1.21 bits per heavy atom. The molecule has 0 bridgehead atoms. The van der Waals surface area contributed by atoms with Gasteiger partial charge in [0.1, 0.15) is 0 Å². The van der Waals surface area contributed by atoms with Crippen LogP contribution in [-0.2, 0) is 11.3 Å². The van der Waals surface area contributed by atoms with Crippen molar-refractivity contribution >= 4 is 5.91 Å². The summed E-state index contributed by atoms with van der Waals surface area (Å²) in [6.07, 6.45) is 5.24. The van der Waals surface area contributed by atoms with Crippen LogP contribution in [0.1, 0.15) is 31.7 Å². The molecule has 0 saturated carbocycles. The van der Waals surface area contributed by atoms with Crippen molar-refractivity contribution in [2.24, 2.45) is 0 Å². The number of carbonyl (C=O) groups is 1. The number of rotatable bonds is 4. The summed E-state index contributed by atoms with van der Waals surface area (Å²) in [5, 5.41) is 3.28. The molecule has 0 radical (unpaired) electrons. The molecular weight excluding hydrogens is 236 g/mol. The van der Waals surface area contributed by atoms with Crippen molar-refractivity contribution in [3.63, 3.8) is 0 Å². The van der Waals surface area contributed by atoms with Gasteiger partial charge >= 0.3 is 0 Å². The fourth-order valence-corrected chi connectivity index (χ4v) is 2.28. The van der Waals surface area contributed by atoms with Gasteiger partial charge < -0.3 is 10.2 Å². The van der Waals surface area contributed by atoms with E-state index in [4.69, 9.17) is 0 Å². The van der Waals surface area contributed by atoms with Crippen molar-refractivity contribution in [1.82, 2.24) is 10.2 Å². The number of carbonyl (C=O) groups excluding carboxylic acids is 1. The predicted octanol–water partition coefficient (Wildman–Crippen LogP) is 2.69. The Bertz CT molecular complexity index is 433. The highest BCUT2D eigenvalue weighted by Crippen LogP contribution is 2.09. The van der Waals surface area contributed by atoms with Gasteiger partial charge in [0.15, 0.2) is 0 Å². The Labute approximate surface area is 115 Å². The molecular formula is C16H22N2O. The molecule has 1 heterocycles. The SMILES string of the molecule is C/C(=C/C(=O)N1CCCCC1)NCc1ccccc1. The van der Waals surface area contributed by atoms with E-state index < -0.39 is 0 Å². The van der Waals surface area contributed by atoms with Gasteiger partial charge in [-0.15, -0.1) is 0 Å². The number of amides is 1. The van der Waals surface area contributed by atoms with Crippen molar-refractivity contribution in [3.8, 4) is 0 Å². The van der Waals surface area contributed by atoms with Crippen molar-refractivity contribution in [2.45, 2.75) is 32.7 Å². The summed E-state index contributed by atoms with van der Waals surface area (Å²) in [5.41, 5.74) is 2.15. The molecule has 1 aromatic rings. The van der Waals surface area contributed by atoms with Gasteiger partial charge in [-0.25, -0.2) is 0 Å². The minimum absolute atomic E-state index is 0.137. The first-order valence-electron chi connectivity index (χ1n) is 7.01. The van der Waals surface area contributed by atoms with Crippen LogP contribution in [0.2, 0.25) is 0 Å². The van der Waals surface area contributed by atoms with Gasteiger partial charge in [-0.3, -0.25) is 4.79 Å². The maximum absolute atomic E-state index is 12.0. The van der Waals surface area contributed by atoms with Crippen LogP contribution in [0.4, 0.5) is 0 Å². The maximum Gasteiger partial charge on any atom is 0.248 e. The Hall–Kier alpha value is -1.77. The molecule has 1 saturated heterocycles. The molecule has 1 amide bonds. The summed E-state index contributed by atoms with van der Waals surface area (Å²) in [6, 6.07) is 10.2. The zero-order chi connectivity index (χ0) is 13.5. The lowest BCUT2D eigenvalue weighted by Gasteiger charge is -2.25. The summed E-state index contributed by atoms with van der Waals surface area (Å²) in [4.78, 5) is 14.0. The van der Waals surface area contributed by atoms with E-state index in [-0.39, 0.29) is 5.91 Å². The average molecular weight is 258 g/mol. The van der Waals surface area contributed by atoms with Crippen LogP contribution in [-0.4, -0.2) is 23.9 Å². The number of hydrogen-bond donors (Lipinski definition) is 1. The molecule has 1 aromatic carbocycles. The van der Waals surface area contributed by atoms with Gasteiger partial charge in [0, 0.05) is 31.4 Å². The van der Waals surface area contributed by atoms with E-state index in [1.165, 1.54) is 12.0 Å². The van der Waals surface area contributed by atoms with E-state index in [0.717, 1.165) is 38.2 Å². The number of likely N-dealkylation sites (tertiary alicyclic amines) is 1. The number of piperidine rings is 1. The largest absolute Gasteiger partial charge is 0.384 e. The highest BCUT2D eigenvalue weighted by molar-refractivity contribution is 5.88. The summed E-state index contributed by atoms with van der Waals surface area (Å²) >= 11 is 0. The molecule has 3 heteroatoms. The first-order chi connectivity index (χ1) is 9.25. The molecule has 1 N–H and O–H groups in total. The second-order valence-corrected chi connectivity index (χ2v) is 5.05. The Balaban J connectivity index is 1.83. The lowest BCUT2D eigenvalue weighted by Crippen LogP contribution is -2.34. The highest BCUT2D eigenvalue weighted by Gasteiger charge is 2.14. The Kier molecular flexibility index (Phi) is 5.01. The molecule has 3 nitrogen and oxygen atoms in total. The van der Waals surface area contributed by atoms with Crippen LogP contribution in [0.25, 0.3) is 0 Å². The maximum atomic E-state index is 12.0. The molecule has 19 heavy (non-hydrogen) atoms. The quantitative estimate of drug-likeness (QED) is 0.842. The smallest absolute Gasteiger partial charge is 0.248 e. The standard InChI is InChI=1S/C16H22N2O/c1-14(17-13-15-8-4-2-5-9-15)12-16(19)18-10-6-3-7-11-18/h2,4-5,8-9,12,17H,3,6-7,10-11,13H2,1H3/b14-12-. The topological polar surface area (TPSA) is 32.3 Å². The fraction of sp³-hybridized carbons (Fsp3) is 0.438. The van der Waals surface area contributed by atoms with E-state index >= 15 is 0 Å². The zero-order valence-corrected chi connectivity index (χ0v) is 11.6. The number of hydrogen-bond acceptors (Lipinski definition) is 2. The number of allylic oxidation sites excluding steroid dienone is 1. The highest BCUT2D eigenvalue weighted by atomic mass is 16.2. The lowest BCUT2D eigenvalue weighted by molar-refractivity contribution is -0.126. The second kappa shape index (κ2) is 6.98. The van der Waals surface area contributed by atoms with Crippen molar-refractivity contribution in [2.75, 3.05) is 13.1 Å². The first-order valence-corrected chi connectivity index (χ1v) is 7.01. The Morgan fingerprint density at radius 3 is 2.58 bits per heavy atom. The van der Waals surface area contributed by atoms with Crippen LogP contribution in [0.5, 0.6) is 0 Å². The van der Waals surface area contributed by atoms with E-state index in [0.29, 0.717) is 0 Å². The monoisotopic (exact) mass is 258 g/mol. The fourth-order valence-electron chi connectivity index (χ4n) is 2.28. The summed E-state index contributed by atoms with van der Waals surface area (Å²) < 4.78 is 0. The van der Waals surface area contributed by atoms with E-state index in [1.807, 2.05) is 30.0 Å². The number of nitrogens with zero attached hydrogens (tertiary/aromatic N) is 1. The van der Waals surface area contributed by atoms with Crippen LogP contribution in [0.3, 0.4) is 0 Å². The summed E-state index contributed by atoms with van der Waals surface area (Å²) in [6.45, 7) is 4.52. The van der Waals surface area contributed by atoms with Crippen LogP contribution >= 0.6 is 0 Å². The third kappa shape index (κ3) is 4.43. The molecule has 0 unspecified atom stereocenters. The van der Waals surface area contributed by atoms with Gasteiger partial charge in [-0.1, -0.05) is 30.3 Å². The van der Waals surface area contributed by atoms with Crippen LogP contribution in [0.15, 0.2) is 42.1 Å². The molecule has 2 rings (SSSR count). The van der Waals surface area contributed by atoms with E-state index in [9.17, 15) is 4.79 Å². The molecule has 102 valence electrons. The molecule has 0 aliphatic carbocycles. The molecule has 1 aliphatic heterocycles. The van der Waals surface area contributed by atoms with Crippen molar-refractivity contribution in [3.05, 3.63) is 47.7 Å². The molecule has 1 aliphatic rings. The zero-order valence-electron chi connectivity index (χ0n) is 11.6. The van der Waals surface area contributed by atoms with Crippen molar-refractivity contribution in [1.29, 1.82) is 0 Å². The van der Waals surface area contributed by atoms with Gasteiger partial charge in [0.05, 0.1) is 0 Å². The molecule has 1 fully saturated rings. The second-order valence-electron chi connectivity index (χ2n) is 5.05.